The van der Waals surface area contributed by atoms with E-state index in [9.17, 15) is 4.79 Å². The minimum Gasteiger partial charge on any atom is -0.462 e. The maximum Gasteiger partial charge on any atom is 0.317 e. The van der Waals surface area contributed by atoms with Gasteiger partial charge in [-0.05, 0) is 74.2 Å². The first-order chi connectivity index (χ1) is 24.9. The zero-order chi connectivity index (χ0) is 39.6. The largest absolute Gasteiger partial charge is 0.462 e. The van der Waals surface area contributed by atoms with Crippen molar-refractivity contribution in [1.29, 1.82) is 0 Å². The van der Waals surface area contributed by atoms with Crippen LogP contribution in [0.5, 0.6) is 5.75 Å². The molecular formula is C40H67FN6O4Si2. The number of hydrazone groups is 1. The van der Waals surface area contributed by atoms with Gasteiger partial charge in [-0.25, -0.2) is 14.2 Å². The lowest BCUT2D eigenvalue weighted by Gasteiger charge is -2.61. The number of hydrogen-bond donors (Lipinski definition) is 2. The molecule has 0 saturated heterocycles. The van der Waals surface area contributed by atoms with E-state index in [1.165, 1.54) is 6.26 Å². The number of likely N-dealkylation sites (N-methyl/N-ethyl adjacent to an activating group) is 1. The molecule has 1 unspecified atom stereocenters. The molecule has 53 heavy (non-hydrogen) atoms. The predicted octanol–water partition coefficient (Wildman–Crippen LogP) is 8.09. The molecule has 296 valence electrons. The summed E-state index contributed by atoms with van der Waals surface area (Å²) < 4.78 is 34.8. The number of rotatable bonds is 21. The van der Waals surface area contributed by atoms with Crippen LogP contribution in [0.2, 0.25) is 51.4 Å². The van der Waals surface area contributed by atoms with Crippen molar-refractivity contribution in [3.05, 3.63) is 76.7 Å². The molecule has 0 bridgehead atoms. The van der Waals surface area contributed by atoms with Crippen molar-refractivity contribution in [1.82, 2.24) is 25.4 Å². The second-order valence-electron chi connectivity index (χ2n) is 16.6. The van der Waals surface area contributed by atoms with E-state index in [1.54, 1.807) is 29.1 Å². The lowest BCUT2D eigenvalue weighted by molar-refractivity contribution is -0.0396. The predicted molar refractivity (Wildman–Crippen MR) is 222 cm³/mol. The second-order valence-corrected chi connectivity index (χ2v) is 27.9. The topological polar surface area (TPSA) is 90.9 Å². The highest BCUT2D eigenvalue weighted by molar-refractivity contribution is 6.76. The van der Waals surface area contributed by atoms with E-state index in [2.05, 4.69) is 100 Å². The number of ether oxygens (including phenoxy) is 3. The molecular weight excluding hydrogens is 704 g/mol. The molecule has 2 N–H and O–H groups in total. The van der Waals surface area contributed by atoms with Crippen LogP contribution in [-0.4, -0.2) is 103 Å². The summed E-state index contributed by atoms with van der Waals surface area (Å²) in [4.78, 5) is 17.0. The molecule has 2 atom stereocenters. The van der Waals surface area contributed by atoms with Gasteiger partial charge in [-0.15, -0.1) is 0 Å². The minimum atomic E-state index is -1.37. The van der Waals surface area contributed by atoms with Crippen LogP contribution in [0.25, 0.3) is 0 Å². The van der Waals surface area contributed by atoms with Gasteiger partial charge in [-0.3, -0.25) is 0 Å². The number of nitrogens with one attached hydrogen (secondary N) is 2. The van der Waals surface area contributed by atoms with Gasteiger partial charge in [0.05, 0.1) is 47.4 Å². The summed E-state index contributed by atoms with van der Waals surface area (Å²) in [7, 11) is 0.834. The molecule has 2 amide bonds. The number of urea groups is 1. The van der Waals surface area contributed by atoms with Crippen LogP contribution in [0, 0.1) is 5.82 Å². The summed E-state index contributed by atoms with van der Waals surface area (Å²) in [5.74, 6) is -0.292. The molecule has 13 heteroatoms. The molecule has 10 nitrogen and oxygen atoms in total. The molecule has 0 fully saturated rings. The molecule has 2 aliphatic rings. The first-order valence-electron chi connectivity index (χ1n) is 19.0. The molecule has 0 radical (unpaired) electrons. The van der Waals surface area contributed by atoms with E-state index in [0.717, 1.165) is 46.7 Å². The van der Waals surface area contributed by atoms with E-state index >= 15 is 4.39 Å². The van der Waals surface area contributed by atoms with Gasteiger partial charge >= 0.3 is 6.03 Å². The van der Waals surface area contributed by atoms with Crippen molar-refractivity contribution < 1.29 is 23.4 Å². The Labute approximate surface area is 321 Å². The number of amides is 2. The average molecular weight is 771 g/mol. The molecule has 3 rings (SSSR count). The Morgan fingerprint density at radius 2 is 1.66 bits per heavy atom. The number of carbonyl (C=O) groups excluding carboxylic acids is 1. The van der Waals surface area contributed by atoms with Crippen LogP contribution in [0.15, 0.2) is 64.9 Å². The summed E-state index contributed by atoms with van der Waals surface area (Å²) >= 11 is 0. The highest BCUT2D eigenvalue weighted by Gasteiger charge is 2.61. The first-order valence-corrected chi connectivity index (χ1v) is 26.4. The standard InChI is InChI=1S/C40H67FN6O4Si2/c1-14-16-17-18-19-51-36-24-31(15-2)32(25-33(36)41)40(4)37(47(44-7)30-50-21-23-53(11,12)13)26-39(40,3)46(29-49-20-22-52(8,9)10)35-28-45(38(48)43-6)27-34(35)42-5/h16-19,24-26,42H,7,14-15,20-23,27-30H2,1-6,8-13H3,(H,43,48)/b17-16-,19-18-/t39?,40-/m0/s1. The molecule has 0 spiro atoms. The van der Waals surface area contributed by atoms with Crippen LogP contribution in [-0.2, 0) is 21.3 Å². The lowest BCUT2D eigenvalue weighted by Crippen LogP contribution is -2.67. The maximum atomic E-state index is 16.2. The summed E-state index contributed by atoms with van der Waals surface area (Å²) in [6.45, 7) is 28.9. The van der Waals surface area contributed by atoms with Crippen LogP contribution in [0.1, 0.15) is 45.2 Å². The fraction of sp³-hybridized carbons (Fsp3) is 0.600. The number of hydrogen-bond acceptors (Lipinski definition) is 8. The Kier molecular flexibility index (Phi) is 15.6. The van der Waals surface area contributed by atoms with Crippen molar-refractivity contribution in [2.45, 2.75) is 103 Å². The maximum absolute atomic E-state index is 16.2. The van der Waals surface area contributed by atoms with Crippen molar-refractivity contribution in [3.8, 4) is 5.75 Å². The molecule has 1 aromatic rings. The fourth-order valence-electron chi connectivity index (χ4n) is 6.77. The second kappa shape index (κ2) is 18.8. The fourth-order valence-corrected chi connectivity index (χ4v) is 8.29. The quantitative estimate of drug-likeness (QED) is 0.0249. The van der Waals surface area contributed by atoms with Crippen LogP contribution < -0.4 is 15.4 Å². The van der Waals surface area contributed by atoms with E-state index < -0.39 is 32.9 Å². The number of aryl methyl sites for hydroxylation is 1. The van der Waals surface area contributed by atoms with Gasteiger partial charge in [-0.2, -0.15) is 5.10 Å². The monoisotopic (exact) mass is 770 g/mol. The van der Waals surface area contributed by atoms with E-state index in [4.69, 9.17) is 14.2 Å². The summed E-state index contributed by atoms with van der Waals surface area (Å²) in [5.41, 5.74) is 2.89. The molecule has 1 heterocycles. The number of nitrogens with zero attached hydrogens (tertiary/aromatic N) is 4. The Balaban J connectivity index is 2.22. The molecule has 1 aliphatic carbocycles. The zero-order valence-electron chi connectivity index (χ0n) is 34.6. The molecule has 1 aliphatic heterocycles. The van der Waals surface area contributed by atoms with Gasteiger partial charge < -0.3 is 34.6 Å². The molecule has 1 aromatic carbocycles. The van der Waals surface area contributed by atoms with Crippen molar-refractivity contribution in [3.63, 3.8) is 0 Å². The Morgan fingerprint density at radius 3 is 2.21 bits per heavy atom. The Bertz CT molecular complexity index is 1550. The van der Waals surface area contributed by atoms with Gasteiger partial charge in [0.1, 0.15) is 13.5 Å². The van der Waals surface area contributed by atoms with Crippen molar-refractivity contribution >= 4 is 28.9 Å². The molecule has 0 saturated carbocycles. The van der Waals surface area contributed by atoms with Gasteiger partial charge in [0.25, 0.3) is 0 Å². The smallest absolute Gasteiger partial charge is 0.317 e. The summed E-state index contributed by atoms with van der Waals surface area (Å²) in [6, 6.07) is 5.30. The highest BCUT2D eigenvalue weighted by atomic mass is 28.3. The van der Waals surface area contributed by atoms with E-state index in [1.807, 2.05) is 25.3 Å². The number of halogens is 1. The van der Waals surface area contributed by atoms with Crippen LogP contribution in [0.4, 0.5) is 9.18 Å². The van der Waals surface area contributed by atoms with E-state index in [0.29, 0.717) is 32.7 Å². The van der Waals surface area contributed by atoms with Gasteiger partial charge in [0.2, 0.25) is 0 Å². The SMILES string of the molecule is C=NN(COCC[Si](C)(C)C)C1=CC(C)(N(COCC[Si](C)(C)C)C2=C(NC)CN(C(=O)NC)C2)[C@@]1(C)c1cc(F)c(O/C=C\C=C/CC)cc1CC. The average Bonchev–Trinajstić information content (AvgIpc) is 3.53. The third kappa shape index (κ3) is 10.6. The number of carbonyl (C=O) groups is 1. The first kappa shape index (κ1) is 44.0. The summed E-state index contributed by atoms with van der Waals surface area (Å²) in [5, 5.41) is 12.4. The van der Waals surface area contributed by atoms with E-state index in [-0.39, 0.29) is 25.2 Å². The van der Waals surface area contributed by atoms with Crippen LogP contribution in [0.3, 0.4) is 0 Å². The lowest BCUT2D eigenvalue weighted by atomic mass is 9.55. The van der Waals surface area contributed by atoms with Gasteiger partial charge in [0.15, 0.2) is 11.6 Å². The Hall–Kier alpha value is -3.40. The summed E-state index contributed by atoms with van der Waals surface area (Å²) in [6.07, 6.45) is 10.9. The van der Waals surface area contributed by atoms with Crippen molar-refractivity contribution in [2.24, 2.45) is 5.10 Å². The Morgan fingerprint density at radius 1 is 1.02 bits per heavy atom. The highest BCUT2D eigenvalue weighted by Crippen LogP contribution is 2.57. The minimum absolute atomic E-state index is 0.159. The van der Waals surface area contributed by atoms with Crippen LogP contribution >= 0.6 is 0 Å². The van der Waals surface area contributed by atoms with Gasteiger partial charge in [0, 0.05) is 50.2 Å². The van der Waals surface area contributed by atoms with Gasteiger partial charge in [-0.1, -0.05) is 65.3 Å². The number of benzene rings is 1. The third-order valence-electron chi connectivity index (χ3n) is 10.4. The molecule has 0 aromatic heterocycles. The third-order valence-corrected chi connectivity index (χ3v) is 13.8. The zero-order valence-corrected chi connectivity index (χ0v) is 36.6. The normalized spacial score (nSPS) is 20.5. The number of allylic oxidation sites excluding steroid dienone is 3. The van der Waals surface area contributed by atoms with Crippen molar-refractivity contribution in [2.75, 3.05) is 53.9 Å².